The molecular formula is C27H40O4. The zero-order valence-electron chi connectivity index (χ0n) is 19.9. The fourth-order valence-corrected chi connectivity index (χ4v) is 7.33. The van der Waals surface area contributed by atoms with Crippen LogP contribution in [0.4, 0.5) is 0 Å². The number of hydrogen-bond donors (Lipinski definition) is 0. The number of ketones is 1. The second kappa shape index (κ2) is 8.50. The lowest BCUT2D eigenvalue weighted by Gasteiger charge is -2.33. The Hall–Kier alpha value is -1.42. The molecule has 0 aliphatic heterocycles. The lowest BCUT2D eigenvalue weighted by atomic mass is 9.71. The summed E-state index contributed by atoms with van der Waals surface area (Å²) < 4.78 is 11.4. The van der Waals surface area contributed by atoms with Crippen molar-refractivity contribution in [1.82, 2.24) is 0 Å². The molecule has 4 saturated carbocycles. The lowest BCUT2D eigenvalue weighted by Crippen LogP contribution is -2.31. The third-order valence-electron chi connectivity index (χ3n) is 8.33. The van der Waals surface area contributed by atoms with Crippen LogP contribution in [0.1, 0.15) is 66.7 Å². The van der Waals surface area contributed by atoms with E-state index in [9.17, 15) is 9.59 Å². The molecule has 4 aliphatic rings. The molecule has 0 aromatic rings. The zero-order chi connectivity index (χ0) is 22.5. The summed E-state index contributed by atoms with van der Waals surface area (Å²) in [5.41, 5.74) is 0.664. The smallest absolute Gasteiger partial charge is 0.311 e. The third-order valence-corrected chi connectivity index (χ3v) is 8.33. The van der Waals surface area contributed by atoms with Gasteiger partial charge in [-0.05, 0) is 104 Å². The summed E-state index contributed by atoms with van der Waals surface area (Å²) in [5.74, 6) is 4.79. The third kappa shape index (κ3) is 4.69. The van der Waals surface area contributed by atoms with E-state index in [-0.39, 0.29) is 23.1 Å². The molecule has 4 heteroatoms. The second-order valence-electron chi connectivity index (χ2n) is 12.0. The van der Waals surface area contributed by atoms with Gasteiger partial charge in [-0.25, -0.2) is 0 Å². The van der Waals surface area contributed by atoms with Gasteiger partial charge in [0.25, 0.3) is 0 Å². The second-order valence-corrected chi connectivity index (χ2v) is 12.0. The Morgan fingerprint density at radius 1 is 1.03 bits per heavy atom. The van der Waals surface area contributed by atoms with Crippen molar-refractivity contribution in [3.05, 3.63) is 24.3 Å². The maximum absolute atomic E-state index is 12.9. The van der Waals surface area contributed by atoms with E-state index in [2.05, 4.69) is 33.4 Å². The van der Waals surface area contributed by atoms with Crippen molar-refractivity contribution in [1.29, 1.82) is 0 Å². The standard InChI is InChI=1S/C27H40O4/c1-15(2)23(28)8-7-17-9-20-13-22(17)25-19-10-18(24(20)25)11-21(12-19)26(29)31-16(3)30-14-27(4,5)6/h7-8,16-22,24-25H,1,9-14H2,2-6H3/b8-7-. The summed E-state index contributed by atoms with van der Waals surface area (Å²) in [4.78, 5) is 24.9. The van der Waals surface area contributed by atoms with Crippen LogP contribution >= 0.6 is 0 Å². The van der Waals surface area contributed by atoms with E-state index in [0.29, 0.717) is 35.9 Å². The van der Waals surface area contributed by atoms with Gasteiger partial charge in [0.2, 0.25) is 0 Å². The van der Waals surface area contributed by atoms with E-state index in [1.807, 2.05) is 6.92 Å². The van der Waals surface area contributed by atoms with Gasteiger partial charge < -0.3 is 9.47 Å². The highest BCUT2D eigenvalue weighted by atomic mass is 16.7. The minimum absolute atomic E-state index is 0.0217. The number of allylic oxidation sites excluding steroid dienone is 3. The number of ether oxygens (including phenoxy) is 2. The Bertz CT molecular complexity index is 760. The first-order valence-electron chi connectivity index (χ1n) is 12.2. The summed E-state index contributed by atoms with van der Waals surface area (Å²) >= 11 is 0. The van der Waals surface area contributed by atoms with Gasteiger partial charge in [-0.15, -0.1) is 0 Å². The number of carbonyl (C=O) groups is 2. The molecule has 4 bridgehead atoms. The van der Waals surface area contributed by atoms with Crippen molar-refractivity contribution < 1.29 is 19.1 Å². The largest absolute Gasteiger partial charge is 0.436 e. The molecule has 0 amide bonds. The Balaban J connectivity index is 1.36. The SMILES string of the molecule is C=C(C)C(=O)/C=C\C1CC2CC1C1C3CC(C(=O)OC(C)OCC(C)(C)C)CC(C3)C21. The van der Waals surface area contributed by atoms with Crippen LogP contribution in [0, 0.1) is 52.8 Å². The molecule has 0 N–H and O–H groups in total. The van der Waals surface area contributed by atoms with E-state index in [0.717, 1.165) is 30.6 Å². The van der Waals surface area contributed by atoms with Gasteiger partial charge in [0.05, 0.1) is 12.5 Å². The fraction of sp³-hybridized carbons (Fsp3) is 0.778. The molecular weight excluding hydrogens is 388 g/mol. The lowest BCUT2D eigenvalue weighted by molar-refractivity contribution is -0.185. The predicted octanol–water partition coefficient (Wildman–Crippen LogP) is 5.57. The maximum atomic E-state index is 12.9. The Kier molecular flexibility index (Phi) is 6.24. The Labute approximate surface area is 187 Å². The van der Waals surface area contributed by atoms with Crippen LogP contribution in [0.2, 0.25) is 0 Å². The summed E-state index contributed by atoms with van der Waals surface area (Å²) in [5, 5.41) is 0. The summed E-state index contributed by atoms with van der Waals surface area (Å²) in [6.45, 7) is 14.3. The van der Waals surface area contributed by atoms with Crippen molar-refractivity contribution in [2.24, 2.45) is 52.8 Å². The van der Waals surface area contributed by atoms with E-state index >= 15 is 0 Å². The van der Waals surface area contributed by atoms with Gasteiger partial charge in [-0.1, -0.05) is 33.4 Å². The van der Waals surface area contributed by atoms with Crippen molar-refractivity contribution >= 4 is 11.8 Å². The van der Waals surface area contributed by atoms with E-state index in [1.165, 1.54) is 19.3 Å². The van der Waals surface area contributed by atoms with E-state index in [1.54, 1.807) is 13.0 Å². The highest BCUT2D eigenvalue weighted by molar-refractivity contribution is 6.02. The molecule has 0 radical (unpaired) electrons. The van der Waals surface area contributed by atoms with Crippen LogP contribution in [-0.2, 0) is 19.1 Å². The molecule has 0 saturated heterocycles. The number of rotatable bonds is 7. The monoisotopic (exact) mass is 428 g/mol. The quantitative estimate of drug-likeness (QED) is 0.230. The van der Waals surface area contributed by atoms with Crippen LogP contribution in [-0.4, -0.2) is 24.6 Å². The maximum Gasteiger partial charge on any atom is 0.311 e. The minimum atomic E-state index is -0.484. The van der Waals surface area contributed by atoms with Gasteiger partial charge in [0, 0.05) is 0 Å². The molecule has 0 spiro atoms. The molecule has 172 valence electrons. The molecule has 4 rings (SSSR count). The van der Waals surface area contributed by atoms with Gasteiger partial charge >= 0.3 is 5.97 Å². The number of fused-ring (bicyclic) bond motifs is 9. The first-order valence-corrected chi connectivity index (χ1v) is 12.2. The van der Waals surface area contributed by atoms with Crippen molar-refractivity contribution in [2.45, 2.75) is 73.0 Å². The predicted molar refractivity (Wildman–Crippen MR) is 121 cm³/mol. The summed E-state index contributed by atoms with van der Waals surface area (Å²) in [6, 6.07) is 0. The molecule has 4 fully saturated rings. The van der Waals surface area contributed by atoms with Gasteiger partial charge in [-0.2, -0.15) is 0 Å². The number of hydrogen-bond acceptors (Lipinski definition) is 4. The molecule has 0 aromatic heterocycles. The molecule has 4 nitrogen and oxygen atoms in total. The van der Waals surface area contributed by atoms with Crippen LogP contribution in [0.3, 0.4) is 0 Å². The number of esters is 1. The van der Waals surface area contributed by atoms with Crippen LogP contribution in [0.25, 0.3) is 0 Å². The summed E-state index contributed by atoms with van der Waals surface area (Å²) in [6.07, 6.45) is 9.19. The van der Waals surface area contributed by atoms with Gasteiger partial charge in [0.1, 0.15) is 0 Å². The average molecular weight is 429 g/mol. The van der Waals surface area contributed by atoms with Crippen molar-refractivity contribution in [3.8, 4) is 0 Å². The molecule has 0 aromatic carbocycles. The first kappa shape index (κ1) is 22.8. The Morgan fingerprint density at radius 2 is 1.68 bits per heavy atom. The number of carbonyl (C=O) groups excluding carboxylic acids is 2. The fourth-order valence-electron chi connectivity index (χ4n) is 7.33. The van der Waals surface area contributed by atoms with Crippen molar-refractivity contribution in [3.63, 3.8) is 0 Å². The van der Waals surface area contributed by atoms with Crippen molar-refractivity contribution in [2.75, 3.05) is 6.61 Å². The average Bonchev–Trinajstić information content (AvgIpc) is 3.34. The molecule has 31 heavy (non-hydrogen) atoms. The normalized spacial score (nSPS) is 39.5. The van der Waals surface area contributed by atoms with Gasteiger partial charge in [0.15, 0.2) is 12.1 Å². The van der Waals surface area contributed by atoms with Crippen LogP contribution < -0.4 is 0 Å². The van der Waals surface area contributed by atoms with E-state index in [4.69, 9.17) is 9.47 Å². The first-order chi connectivity index (χ1) is 14.5. The minimum Gasteiger partial charge on any atom is -0.436 e. The van der Waals surface area contributed by atoms with Crippen LogP contribution in [0.5, 0.6) is 0 Å². The molecule has 0 heterocycles. The molecule has 4 aliphatic carbocycles. The molecule has 9 unspecified atom stereocenters. The zero-order valence-corrected chi connectivity index (χ0v) is 19.9. The Morgan fingerprint density at radius 3 is 2.32 bits per heavy atom. The topological polar surface area (TPSA) is 52.6 Å². The van der Waals surface area contributed by atoms with E-state index < -0.39 is 6.29 Å². The summed E-state index contributed by atoms with van der Waals surface area (Å²) in [7, 11) is 0. The van der Waals surface area contributed by atoms with Crippen LogP contribution in [0.15, 0.2) is 24.3 Å². The van der Waals surface area contributed by atoms with Gasteiger partial charge in [-0.3, -0.25) is 9.59 Å². The highest BCUT2D eigenvalue weighted by Gasteiger charge is 2.62. The molecule has 9 atom stereocenters. The highest BCUT2D eigenvalue weighted by Crippen LogP contribution is 2.68.